The monoisotopic (exact) mass is 316 g/mol. The highest BCUT2D eigenvalue weighted by atomic mass is 16.1. The number of rotatable bonds is 3. The molecule has 4 atom stereocenters. The number of carbonyl (C=O) groups is 1. The van der Waals surface area contributed by atoms with Gasteiger partial charge in [-0.1, -0.05) is 59.1 Å². The van der Waals surface area contributed by atoms with Crippen LogP contribution < -0.4 is 0 Å². The van der Waals surface area contributed by atoms with Crippen molar-refractivity contribution in [1.82, 2.24) is 0 Å². The van der Waals surface area contributed by atoms with Gasteiger partial charge in [-0.05, 0) is 61.2 Å². The largest absolute Gasteiger partial charge is 0.299 e. The predicted octanol–water partition coefficient (Wildman–Crippen LogP) is 6.32. The molecule has 0 radical (unpaired) electrons. The first kappa shape index (κ1) is 17.2. The quantitative estimate of drug-likeness (QED) is 0.556. The van der Waals surface area contributed by atoms with E-state index in [1.54, 1.807) is 5.57 Å². The molecule has 3 rings (SSSR count). The summed E-state index contributed by atoms with van der Waals surface area (Å²) in [6, 6.07) is 0. The minimum Gasteiger partial charge on any atom is -0.299 e. The Morgan fingerprint density at radius 1 is 1.09 bits per heavy atom. The molecule has 2 fully saturated rings. The van der Waals surface area contributed by atoms with E-state index in [0.29, 0.717) is 17.1 Å². The summed E-state index contributed by atoms with van der Waals surface area (Å²) in [5, 5.41) is 0. The summed E-state index contributed by atoms with van der Waals surface area (Å²) in [6.07, 6.45) is 13.7. The van der Waals surface area contributed by atoms with Gasteiger partial charge in [0.1, 0.15) is 5.78 Å². The molecule has 0 bridgehead atoms. The molecule has 0 saturated heterocycles. The lowest BCUT2D eigenvalue weighted by atomic mass is 9.42. The lowest BCUT2D eigenvalue weighted by Crippen LogP contribution is -2.55. The zero-order valence-corrected chi connectivity index (χ0v) is 16.0. The fraction of sp³-hybridized carbons (Fsp3) is 0.864. The second-order valence-electron chi connectivity index (χ2n) is 9.61. The Hall–Kier alpha value is -0.590. The van der Waals surface area contributed by atoms with Gasteiger partial charge in [-0.15, -0.1) is 0 Å². The molecule has 3 aliphatic carbocycles. The molecule has 0 heterocycles. The lowest BCUT2D eigenvalue weighted by molar-refractivity contribution is -0.142. The molecule has 2 saturated carbocycles. The molecule has 130 valence electrons. The van der Waals surface area contributed by atoms with Crippen molar-refractivity contribution < 1.29 is 4.79 Å². The van der Waals surface area contributed by atoms with Crippen molar-refractivity contribution in [1.29, 1.82) is 0 Å². The third-order valence-electron chi connectivity index (χ3n) is 8.08. The molecule has 0 aromatic heterocycles. The number of unbranched alkanes of at least 4 members (excludes halogenated alkanes) is 1. The second kappa shape index (κ2) is 5.74. The van der Waals surface area contributed by atoms with Crippen LogP contribution in [-0.4, -0.2) is 5.78 Å². The van der Waals surface area contributed by atoms with Crippen LogP contribution in [0.4, 0.5) is 0 Å². The number of Topliss-reactive ketones (excluding diaryl/α,β-unsaturated/α-hetero) is 1. The fourth-order valence-electron chi connectivity index (χ4n) is 6.64. The summed E-state index contributed by atoms with van der Waals surface area (Å²) in [4.78, 5) is 12.5. The number of hydrogen-bond acceptors (Lipinski definition) is 1. The molecule has 0 spiro atoms. The molecular weight excluding hydrogens is 280 g/mol. The van der Waals surface area contributed by atoms with Crippen LogP contribution in [0.15, 0.2) is 11.6 Å². The summed E-state index contributed by atoms with van der Waals surface area (Å²) in [5.41, 5.74) is 2.27. The zero-order chi connectivity index (χ0) is 16.9. The molecule has 1 nitrogen and oxygen atoms in total. The predicted molar refractivity (Wildman–Crippen MR) is 97.3 cm³/mol. The van der Waals surface area contributed by atoms with Gasteiger partial charge in [0.15, 0.2) is 0 Å². The number of ketones is 1. The Bertz CT molecular complexity index is 514. The lowest BCUT2D eigenvalue weighted by Gasteiger charge is -2.61. The Morgan fingerprint density at radius 2 is 1.83 bits per heavy atom. The first-order valence-electron chi connectivity index (χ1n) is 10.0. The molecule has 0 amide bonds. The highest BCUT2D eigenvalue weighted by Crippen LogP contribution is 2.66. The third-order valence-corrected chi connectivity index (χ3v) is 8.08. The van der Waals surface area contributed by atoms with E-state index in [0.717, 1.165) is 18.8 Å². The Kier molecular flexibility index (Phi) is 4.30. The smallest absolute Gasteiger partial charge is 0.138 e. The maximum atomic E-state index is 12.5. The third kappa shape index (κ3) is 2.45. The molecule has 0 aromatic rings. The van der Waals surface area contributed by atoms with Crippen LogP contribution in [0.3, 0.4) is 0 Å². The van der Waals surface area contributed by atoms with E-state index < -0.39 is 0 Å². The number of carbonyl (C=O) groups excluding carboxylic acids is 1. The van der Waals surface area contributed by atoms with E-state index in [-0.39, 0.29) is 10.8 Å². The SMILES string of the molecule is CCCC[C@@H]1CCC=C2[C@@]1(C)CC[C@H]1C(C)(C)C(=O)CC[C@]21C. The van der Waals surface area contributed by atoms with E-state index in [4.69, 9.17) is 0 Å². The van der Waals surface area contributed by atoms with Crippen molar-refractivity contribution in [3.8, 4) is 0 Å². The summed E-state index contributed by atoms with van der Waals surface area (Å²) in [5.74, 6) is 1.91. The first-order chi connectivity index (χ1) is 10.8. The van der Waals surface area contributed by atoms with E-state index in [2.05, 4.69) is 40.7 Å². The Labute approximate surface area is 143 Å². The standard InChI is InChI=1S/C22H36O/c1-6-7-9-16-10-8-11-18-21(16,4)14-12-17-20(2,3)19(23)13-15-22(17,18)5/h11,16-17H,6-10,12-15H2,1-5H3/t16-,17+,21+,22+/m1/s1. The van der Waals surface area contributed by atoms with Gasteiger partial charge < -0.3 is 0 Å². The van der Waals surface area contributed by atoms with E-state index in [1.807, 2.05) is 0 Å². The van der Waals surface area contributed by atoms with Crippen molar-refractivity contribution in [3.63, 3.8) is 0 Å². The number of allylic oxidation sites excluding steroid dienone is 2. The van der Waals surface area contributed by atoms with Gasteiger partial charge in [-0.2, -0.15) is 0 Å². The van der Waals surface area contributed by atoms with Crippen LogP contribution >= 0.6 is 0 Å². The Morgan fingerprint density at radius 3 is 2.52 bits per heavy atom. The van der Waals surface area contributed by atoms with Gasteiger partial charge in [-0.3, -0.25) is 4.79 Å². The molecule has 23 heavy (non-hydrogen) atoms. The molecule has 1 heteroatoms. The van der Waals surface area contributed by atoms with Gasteiger partial charge in [0.05, 0.1) is 0 Å². The summed E-state index contributed by atoms with van der Waals surface area (Å²) < 4.78 is 0. The van der Waals surface area contributed by atoms with Crippen LogP contribution in [0, 0.1) is 28.1 Å². The highest BCUT2D eigenvalue weighted by Gasteiger charge is 2.59. The van der Waals surface area contributed by atoms with E-state index >= 15 is 0 Å². The summed E-state index contributed by atoms with van der Waals surface area (Å²) in [7, 11) is 0. The van der Waals surface area contributed by atoms with Crippen molar-refractivity contribution in [2.75, 3.05) is 0 Å². The van der Waals surface area contributed by atoms with E-state index in [1.165, 1.54) is 44.9 Å². The normalized spacial score (nSPS) is 42.7. The van der Waals surface area contributed by atoms with Gasteiger partial charge >= 0.3 is 0 Å². The number of hydrogen-bond donors (Lipinski definition) is 0. The first-order valence-corrected chi connectivity index (χ1v) is 10.0. The van der Waals surface area contributed by atoms with Crippen molar-refractivity contribution in [2.45, 2.75) is 92.4 Å². The number of fused-ring (bicyclic) bond motifs is 3. The maximum absolute atomic E-state index is 12.5. The Balaban J connectivity index is 1.97. The minimum atomic E-state index is -0.133. The van der Waals surface area contributed by atoms with Crippen LogP contribution in [0.2, 0.25) is 0 Å². The fourth-order valence-corrected chi connectivity index (χ4v) is 6.64. The van der Waals surface area contributed by atoms with E-state index in [9.17, 15) is 4.79 Å². The van der Waals surface area contributed by atoms with Crippen molar-refractivity contribution in [2.24, 2.45) is 28.1 Å². The van der Waals surface area contributed by atoms with Crippen LogP contribution in [0.25, 0.3) is 0 Å². The second-order valence-corrected chi connectivity index (χ2v) is 9.61. The molecule has 0 aliphatic heterocycles. The van der Waals surface area contributed by atoms with Crippen molar-refractivity contribution in [3.05, 3.63) is 11.6 Å². The summed E-state index contributed by atoms with van der Waals surface area (Å²) >= 11 is 0. The van der Waals surface area contributed by atoms with Gasteiger partial charge in [0.25, 0.3) is 0 Å². The molecule has 0 N–H and O–H groups in total. The van der Waals surface area contributed by atoms with Crippen molar-refractivity contribution >= 4 is 5.78 Å². The average Bonchev–Trinajstić information content (AvgIpc) is 2.49. The van der Waals surface area contributed by atoms with Crippen LogP contribution in [-0.2, 0) is 4.79 Å². The average molecular weight is 317 g/mol. The van der Waals surface area contributed by atoms with Gasteiger partial charge in [0.2, 0.25) is 0 Å². The summed E-state index contributed by atoms with van der Waals surface area (Å²) in [6.45, 7) is 11.8. The van der Waals surface area contributed by atoms with Crippen LogP contribution in [0.5, 0.6) is 0 Å². The molecule has 0 aromatic carbocycles. The van der Waals surface area contributed by atoms with Gasteiger partial charge in [-0.25, -0.2) is 0 Å². The zero-order valence-electron chi connectivity index (χ0n) is 16.0. The molecule has 3 aliphatic rings. The van der Waals surface area contributed by atoms with Gasteiger partial charge in [0, 0.05) is 11.8 Å². The minimum absolute atomic E-state index is 0.133. The van der Waals surface area contributed by atoms with Crippen LogP contribution in [0.1, 0.15) is 92.4 Å². The molecule has 0 unspecified atom stereocenters. The topological polar surface area (TPSA) is 17.1 Å². The maximum Gasteiger partial charge on any atom is 0.138 e. The molecular formula is C22H36O. The highest BCUT2D eigenvalue weighted by molar-refractivity contribution is 5.85.